The van der Waals surface area contributed by atoms with Gasteiger partial charge < -0.3 is 9.88 Å². The lowest BCUT2D eigenvalue weighted by Crippen LogP contribution is -2.37. The van der Waals surface area contributed by atoms with Crippen LogP contribution >= 0.6 is 0 Å². The number of para-hydroxylation sites is 2. The number of carbonyl (C=O) groups excluding carboxylic acids is 1. The molecule has 3 aromatic rings. The highest BCUT2D eigenvalue weighted by molar-refractivity contribution is 5.98. The van der Waals surface area contributed by atoms with Crippen LogP contribution < -0.4 is 4.90 Å². The van der Waals surface area contributed by atoms with Gasteiger partial charge in [0.15, 0.2) is 0 Å². The standard InChI is InChI=1S/C19H17FN2O/c20-16-8-3-5-13-6-4-10-22(19(13)16)18(23)11-14-12-21-17-9-2-1-7-15(14)17/h1-3,5,7-9,12,21H,4,6,10-11H2. The topological polar surface area (TPSA) is 36.1 Å². The summed E-state index contributed by atoms with van der Waals surface area (Å²) in [7, 11) is 0. The highest BCUT2D eigenvalue weighted by Gasteiger charge is 2.25. The quantitative estimate of drug-likeness (QED) is 0.767. The maximum Gasteiger partial charge on any atom is 0.231 e. The van der Waals surface area contributed by atoms with Crippen molar-refractivity contribution in [1.29, 1.82) is 0 Å². The normalized spacial score (nSPS) is 14.0. The summed E-state index contributed by atoms with van der Waals surface area (Å²) >= 11 is 0. The van der Waals surface area contributed by atoms with Crippen molar-refractivity contribution in [1.82, 2.24) is 4.98 Å². The number of hydrogen-bond acceptors (Lipinski definition) is 1. The number of hydrogen-bond donors (Lipinski definition) is 1. The summed E-state index contributed by atoms with van der Waals surface area (Å²) in [6.45, 7) is 0.578. The van der Waals surface area contributed by atoms with Crippen LogP contribution in [-0.4, -0.2) is 17.4 Å². The van der Waals surface area contributed by atoms with Crippen molar-refractivity contribution in [2.45, 2.75) is 19.3 Å². The third-order valence-electron chi connectivity index (χ3n) is 4.49. The van der Waals surface area contributed by atoms with Crippen LogP contribution in [0.25, 0.3) is 10.9 Å². The molecule has 23 heavy (non-hydrogen) atoms. The van der Waals surface area contributed by atoms with Crippen LogP contribution in [-0.2, 0) is 17.6 Å². The molecule has 0 atom stereocenters. The zero-order valence-electron chi connectivity index (χ0n) is 12.7. The van der Waals surface area contributed by atoms with Gasteiger partial charge in [-0.1, -0.05) is 30.3 Å². The molecule has 0 bridgehead atoms. The molecule has 0 radical (unpaired) electrons. The fourth-order valence-corrected chi connectivity index (χ4v) is 3.39. The first-order valence-corrected chi connectivity index (χ1v) is 7.87. The molecule has 116 valence electrons. The largest absolute Gasteiger partial charge is 0.361 e. The fourth-order valence-electron chi connectivity index (χ4n) is 3.39. The number of nitrogens with one attached hydrogen (secondary N) is 1. The second-order valence-corrected chi connectivity index (χ2v) is 5.93. The lowest BCUT2D eigenvalue weighted by molar-refractivity contribution is -0.118. The predicted molar refractivity (Wildman–Crippen MR) is 89.1 cm³/mol. The van der Waals surface area contributed by atoms with Crippen molar-refractivity contribution < 1.29 is 9.18 Å². The molecule has 1 aliphatic heterocycles. The van der Waals surface area contributed by atoms with E-state index in [0.717, 1.165) is 34.9 Å². The van der Waals surface area contributed by atoms with Gasteiger partial charge in [-0.3, -0.25) is 4.79 Å². The van der Waals surface area contributed by atoms with Gasteiger partial charge >= 0.3 is 0 Å². The molecule has 4 heteroatoms. The number of aryl methyl sites for hydroxylation is 1. The minimum absolute atomic E-state index is 0.0548. The third-order valence-corrected chi connectivity index (χ3v) is 4.49. The van der Waals surface area contributed by atoms with Gasteiger partial charge in [-0.2, -0.15) is 0 Å². The second kappa shape index (κ2) is 5.54. The molecule has 0 aliphatic carbocycles. The van der Waals surface area contributed by atoms with Crippen LogP contribution in [0.2, 0.25) is 0 Å². The summed E-state index contributed by atoms with van der Waals surface area (Å²) < 4.78 is 14.2. The van der Waals surface area contributed by atoms with E-state index in [2.05, 4.69) is 4.98 Å². The van der Waals surface area contributed by atoms with Crippen LogP contribution in [0.15, 0.2) is 48.7 Å². The van der Waals surface area contributed by atoms with Crippen molar-refractivity contribution in [3.8, 4) is 0 Å². The molecule has 4 rings (SSSR count). The van der Waals surface area contributed by atoms with E-state index in [1.54, 1.807) is 11.0 Å². The highest BCUT2D eigenvalue weighted by Crippen LogP contribution is 2.30. The number of aromatic amines is 1. The molecule has 2 heterocycles. The number of rotatable bonds is 2. The van der Waals surface area contributed by atoms with E-state index in [-0.39, 0.29) is 18.1 Å². The third kappa shape index (κ3) is 2.40. The summed E-state index contributed by atoms with van der Waals surface area (Å²) in [5.74, 6) is -0.365. The number of fused-ring (bicyclic) bond motifs is 2. The van der Waals surface area contributed by atoms with Gasteiger partial charge in [0.25, 0.3) is 0 Å². The van der Waals surface area contributed by atoms with Gasteiger partial charge in [0.1, 0.15) is 5.82 Å². The molecule has 0 fully saturated rings. The van der Waals surface area contributed by atoms with E-state index >= 15 is 0 Å². The number of halogens is 1. The molecule has 1 aromatic heterocycles. The van der Waals surface area contributed by atoms with Crippen LogP contribution in [0.3, 0.4) is 0 Å². The van der Waals surface area contributed by atoms with Crippen LogP contribution in [0, 0.1) is 5.82 Å². The van der Waals surface area contributed by atoms with E-state index in [4.69, 9.17) is 0 Å². The average molecular weight is 308 g/mol. The van der Waals surface area contributed by atoms with Gasteiger partial charge in [0.05, 0.1) is 12.1 Å². The van der Waals surface area contributed by atoms with Gasteiger partial charge in [0, 0.05) is 23.6 Å². The van der Waals surface area contributed by atoms with Crippen LogP contribution in [0.5, 0.6) is 0 Å². The summed E-state index contributed by atoms with van der Waals surface area (Å²) in [6.07, 6.45) is 3.84. The Balaban J connectivity index is 1.66. The monoisotopic (exact) mass is 308 g/mol. The molecule has 1 aliphatic rings. The number of anilines is 1. The maximum atomic E-state index is 14.2. The second-order valence-electron chi connectivity index (χ2n) is 5.93. The SMILES string of the molecule is O=C(Cc1c[nH]c2ccccc12)N1CCCc2cccc(F)c21. The number of benzene rings is 2. The summed E-state index contributed by atoms with van der Waals surface area (Å²) in [4.78, 5) is 17.6. The number of amides is 1. The first-order valence-electron chi connectivity index (χ1n) is 7.87. The smallest absolute Gasteiger partial charge is 0.231 e. The van der Waals surface area contributed by atoms with Gasteiger partial charge in [-0.25, -0.2) is 4.39 Å². The maximum absolute atomic E-state index is 14.2. The molecule has 0 unspecified atom stereocenters. The molecule has 1 N–H and O–H groups in total. The van der Waals surface area contributed by atoms with Crippen LogP contribution in [0.4, 0.5) is 10.1 Å². The van der Waals surface area contributed by atoms with E-state index in [1.165, 1.54) is 6.07 Å². The Bertz CT molecular complexity index is 884. The van der Waals surface area contributed by atoms with E-state index in [9.17, 15) is 9.18 Å². The van der Waals surface area contributed by atoms with Gasteiger partial charge in [-0.05, 0) is 36.1 Å². The Morgan fingerprint density at radius 3 is 2.96 bits per heavy atom. The molecule has 0 spiro atoms. The van der Waals surface area contributed by atoms with Crippen LogP contribution in [0.1, 0.15) is 17.5 Å². The van der Waals surface area contributed by atoms with E-state index in [0.29, 0.717) is 12.2 Å². The van der Waals surface area contributed by atoms with Gasteiger partial charge in [-0.15, -0.1) is 0 Å². The predicted octanol–water partition coefficient (Wildman–Crippen LogP) is 3.83. The Hall–Kier alpha value is -2.62. The molecular formula is C19H17FN2O. The van der Waals surface area contributed by atoms with Gasteiger partial charge in [0.2, 0.25) is 5.91 Å². The molecule has 2 aromatic carbocycles. The number of nitrogens with zero attached hydrogens (tertiary/aromatic N) is 1. The Morgan fingerprint density at radius 1 is 1.17 bits per heavy atom. The summed E-state index contributed by atoms with van der Waals surface area (Å²) in [5.41, 5.74) is 3.35. The van der Waals surface area contributed by atoms with Crippen molar-refractivity contribution in [2.75, 3.05) is 11.4 Å². The molecule has 0 saturated heterocycles. The molecular weight excluding hydrogens is 291 g/mol. The minimum Gasteiger partial charge on any atom is -0.361 e. The Morgan fingerprint density at radius 2 is 2.04 bits per heavy atom. The zero-order chi connectivity index (χ0) is 15.8. The van der Waals surface area contributed by atoms with E-state index in [1.807, 2.05) is 36.5 Å². The van der Waals surface area contributed by atoms with Crippen molar-refractivity contribution in [3.05, 3.63) is 65.6 Å². The lowest BCUT2D eigenvalue weighted by atomic mass is 10.0. The van der Waals surface area contributed by atoms with Crippen molar-refractivity contribution in [2.24, 2.45) is 0 Å². The molecule has 1 amide bonds. The first-order chi connectivity index (χ1) is 11.2. The lowest BCUT2D eigenvalue weighted by Gasteiger charge is -2.29. The average Bonchev–Trinajstić information content (AvgIpc) is 2.98. The van der Waals surface area contributed by atoms with Crippen molar-refractivity contribution >= 4 is 22.5 Å². The number of H-pyrrole nitrogens is 1. The Labute approximate surface area is 133 Å². The summed E-state index contributed by atoms with van der Waals surface area (Å²) in [6, 6.07) is 12.9. The molecule has 0 saturated carbocycles. The summed E-state index contributed by atoms with van der Waals surface area (Å²) in [5, 5.41) is 1.05. The Kier molecular flexibility index (Phi) is 3.37. The van der Waals surface area contributed by atoms with Crippen molar-refractivity contribution in [3.63, 3.8) is 0 Å². The fraction of sp³-hybridized carbons (Fsp3) is 0.211. The zero-order valence-corrected chi connectivity index (χ0v) is 12.7. The first kappa shape index (κ1) is 14.0. The minimum atomic E-state index is -0.311. The highest BCUT2D eigenvalue weighted by atomic mass is 19.1. The number of carbonyl (C=O) groups is 1. The number of aromatic nitrogens is 1. The molecule has 3 nitrogen and oxygen atoms in total. The van der Waals surface area contributed by atoms with E-state index < -0.39 is 0 Å².